The van der Waals surface area contributed by atoms with E-state index in [0.717, 1.165) is 10.6 Å². The van der Waals surface area contributed by atoms with Crippen molar-refractivity contribution in [3.63, 3.8) is 0 Å². The molecule has 0 unspecified atom stereocenters. The van der Waals surface area contributed by atoms with Crippen LogP contribution in [0, 0.1) is 0 Å². The molecule has 19 heavy (non-hydrogen) atoms. The van der Waals surface area contributed by atoms with Gasteiger partial charge in [0.15, 0.2) is 0 Å². The molecule has 0 fully saturated rings. The van der Waals surface area contributed by atoms with Gasteiger partial charge in [0.25, 0.3) is 0 Å². The summed E-state index contributed by atoms with van der Waals surface area (Å²) in [7, 11) is 0. The van der Waals surface area contributed by atoms with Gasteiger partial charge in [-0.05, 0) is 30.5 Å². The Morgan fingerprint density at radius 3 is 2.63 bits per heavy atom. The Hall–Kier alpha value is -2.14. The van der Waals surface area contributed by atoms with Crippen molar-refractivity contribution in [1.29, 1.82) is 0 Å². The molecule has 5 heteroatoms. The highest BCUT2D eigenvalue weighted by Gasteiger charge is 2.13. The first-order valence-corrected chi connectivity index (χ1v) is 6.87. The summed E-state index contributed by atoms with van der Waals surface area (Å²) in [5.41, 5.74) is 7.71. The SMILES string of the molecule is CSc1ccccc1Nc1c(N)cccc1C(=O)O. The number of nitrogen functional groups attached to an aromatic ring is 1. The van der Waals surface area contributed by atoms with Crippen LogP contribution in [-0.2, 0) is 0 Å². The van der Waals surface area contributed by atoms with Gasteiger partial charge in [0.2, 0.25) is 0 Å². The number of hydrogen-bond donors (Lipinski definition) is 3. The van der Waals surface area contributed by atoms with Crippen LogP contribution in [0.2, 0.25) is 0 Å². The molecule has 4 nitrogen and oxygen atoms in total. The molecule has 98 valence electrons. The van der Waals surface area contributed by atoms with Crippen molar-refractivity contribution in [1.82, 2.24) is 0 Å². The number of hydrogen-bond acceptors (Lipinski definition) is 4. The van der Waals surface area contributed by atoms with Crippen molar-refractivity contribution in [3.05, 3.63) is 48.0 Å². The van der Waals surface area contributed by atoms with Gasteiger partial charge in [0, 0.05) is 4.90 Å². The van der Waals surface area contributed by atoms with Crippen molar-refractivity contribution >= 4 is 34.8 Å². The average molecular weight is 274 g/mol. The number of aromatic carboxylic acids is 1. The molecule has 4 N–H and O–H groups in total. The van der Waals surface area contributed by atoms with E-state index in [0.29, 0.717) is 11.4 Å². The Balaban J connectivity index is 2.46. The summed E-state index contributed by atoms with van der Waals surface area (Å²) in [4.78, 5) is 12.2. The number of benzene rings is 2. The Morgan fingerprint density at radius 1 is 1.21 bits per heavy atom. The molecule has 0 heterocycles. The molecule has 0 aliphatic carbocycles. The van der Waals surface area contributed by atoms with Crippen LogP contribution in [0.25, 0.3) is 0 Å². The zero-order chi connectivity index (χ0) is 13.8. The second-order valence-corrected chi connectivity index (χ2v) is 4.75. The minimum Gasteiger partial charge on any atom is -0.478 e. The number of carboxylic acid groups (broad SMARTS) is 1. The quantitative estimate of drug-likeness (QED) is 0.588. The van der Waals surface area contributed by atoms with Gasteiger partial charge >= 0.3 is 5.97 Å². The second kappa shape index (κ2) is 5.67. The molecule has 0 atom stereocenters. The van der Waals surface area contributed by atoms with Crippen LogP contribution in [-0.4, -0.2) is 17.3 Å². The van der Waals surface area contributed by atoms with E-state index in [9.17, 15) is 9.90 Å². The van der Waals surface area contributed by atoms with Gasteiger partial charge in [0.1, 0.15) is 0 Å². The topological polar surface area (TPSA) is 75.3 Å². The third-order valence-electron chi connectivity index (χ3n) is 2.69. The molecule has 0 saturated heterocycles. The van der Waals surface area contributed by atoms with E-state index >= 15 is 0 Å². The molecule has 2 rings (SSSR count). The first-order valence-electron chi connectivity index (χ1n) is 5.65. The van der Waals surface area contributed by atoms with Crippen LogP contribution in [0.5, 0.6) is 0 Å². The summed E-state index contributed by atoms with van der Waals surface area (Å²) in [5, 5.41) is 12.3. The highest BCUT2D eigenvalue weighted by atomic mass is 32.2. The van der Waals surface area contributed by atoms with Crippen LogP contribution < -0.4 is 11.1 Å². The molecule has 2 aromatic carbocycles. The fraction of sp³-hybridized carbons (Fsp3) is 0.0714. The van der Waals surface area contributed by atoms with Crippen molar-refractivity contribution in [2.24, 2.45) is 0 Å². The standard InChI is InChI=1S/C14H14N2O2S/c1-19-12-8-3-2-7-11(12)16-13-9(14(17)18)5-4-6-10(13)15/h2-8,16H,15H2,1H3,(H,17,18). The largest absolute Gasteiger partial charge is 0.478 e. The number of carbonyl (C=O) groups is 1. The third-order valence-corrected chi connectivity index (χ3v) is 3.49. The van der Waals surface area contributed by atoms with Gasteiger partial charge in [-0.3, -0.25) is 0 Å². The Labute approximate surface area is 115 Å². The van der Waals surface area contributed by atoms with Crippen molar-refractivity contribution in [3.8, 4) is 0 Å². The molecular weight excluding hydrogens is 260 g/mol. The van der Waals surface area contributed by atoms with Gasteiger partial charge in [-0.15, -0.1) is 11.8 Å². The number of anilines is 3. The van der Waals surface area contributed by atoms with Gasteiger partial charge in [-0.1, -0.05) is 18.2 Å². The summed E-state index contributed by atoms with van der Waals surface area (Å²) in [6.45, 7) is 0. The maximum atomic E-state index is 11.2. The number of para-hydroxylation sites is 2. The summed E-state index contributed by atoms with van der Waals surface area (Å²) in [5.74, 6) is -1.00. The molecule has 0 bridgehead atoms. The van der Waals surface area contributed by atoms with Crippen LogP contribution in [0.4, 0.5) is 17.1 Å². The first kappa shape index (κ1) is 13.3. The Bertz CT molecular complexity index is 614. The fourth-order valence-corrected chi connectivity index (χ4v) is 2.32. The van der Waals surface area contributed by atoms with E-state index in [1.165, 1.54) is 6.07 Å². The smallest absolute Gasteiger partial charge is 0.337 e. The van der Waals surface area contributed by atoms with Crippen LogP contribution in [0.1, 0.15) is 10.4 Å². The lowest BCUT2D eigenvalue weighted by Gasteiger charge is -2.14. The zero-order valence-corrected chi connectivity index (χ0v) is 11.2. The van der Waals surface area contributed by atoms with Gasteiger partial charge in [-0.25, -0.2) is 4.79 Å². The monoisotopic (exact) mass is 274 g/mol. The van der Waals surface area contributed by atoms with Crippen molar-refractivity contribution in [2.75, 3.05) is 17.3 Å². The number of carboxylic acids is 1. The van der Waals surface area contributed by atoms with E-state index < -0.39 is 5.97 Å². The molecule has 2 aromatic rings. The van der Waals surface area contributed by atoms with E-state index in [-0.39, 0.29) is 5.56 Å². The molecule has 0 aliphatic rings. The maximum Gasteiger partial charge on any atom is 0.337 e. The summed E-state index contributed by atoms with van der Waals surface area (Å²) >= 11 is 1.58. The summed E-state index contributed by atoms with van der Waals surface area (Å²) in [6.07, 6.45) is 1.97. The van der Waals surface area contributed by atoms with Gasteiger partial charge in [-0.2, -0.15) is 0 Å². The molecule has 0 spiro atoms. The minimum atomic E-state index is -1.00. The first-order chi connectivity index (χ1) is 9.13. The van der Waals surface area contributed by atoms with Crippen molar-refractivity contribution < 1.29 is 9.90 Å². The molecular formula is C14H14N2O2S. The lowest BCUT2D eigenvalue weighted by molar-refractivity contribution is 0.0698. The zero-order valence-electron chi connectivity index (χ0n) is 10.4. The Kier molecular flexibility index (Phi) is 3.97. The lowest BCUT2D eigenvalue weighted by Crippen LogP contribution is -2.06. The molecule has 0 aliphatic heterocycles. The van der Waals surface area contributed by atoms with Crippen LogP contribution in [0.15, 0.2) is 47.4 Å². The van der Waals surface area contributed by atoms with Crippen LogP contribution in [0.3, 0.4) is 0 Å². The molecule has 0 amide bonds. The molecule has 0 aromatic heterocycles. The number of nitrogens with one attached hydrogen (secondary N) is 1. The predicted molar refractivity (Wildman–Crippen MR) is 79.3 cm³/mol. The lowest BCUT2D eigenvalue weighted by atomic mass is 10.1. The van der Waals surface area contributed by atoms with E-state index in [1.807, 2.05) is 30.5 Å². The fourth-order valence-electron chi connectivity index (χ4n) is 1.77. The maximum absolute atomic E-state index is 11.2. The summed E-state index contributed by atoms with van der Waals surface area (Å²) in [6, 6.07) is 12.5. The number of thioether (sulfide) groups is 1. The number of nitrogens with two attached hydrogens (primary N) is 1. The minimum absolute atomic E-state index is 0.163. The van der Waals surface area contributed by atoms with E-state index in [1.54, 1.807) is 23.9 Å². The predicted octanol–water partition coefficient (Wildman–Crippen LogP) is 3.43. The highest BCUT2D eigenvalue weighted by molar-refractivity contribution is 7.98. The second-order valence-electron chi connectivity index (χ2n) is 3.90. The average Bonchev–Trinajstić information content (AvgIpc) is 2.41. The van der Waals surface area contributed by atoms with E-state index in [2.05, 4.69) is 5.32 Å². The normalized spacial score (nSPS) is 10.2. The van der Waals surface area contributed by atoms with Crippen molar-refractivity contribution in [2.45, 2.75) is 4.90 Å². The molecule has 0 radical (unpaired) electrons. The number of rotatable bonds is 4. The van der Waals surface area contributed by atoms with Gasteiger partial charge < -0.3 is 16.2 Å². The highest BCUT2D eigenvalue weighted by Crippen LogP contribution is 2.32. The molecule has 0 saturated carbocycles. The summed E-state index contributed by atoms with van der Waals surface area (Å²) < 4.78 is 0. The van der Waals surface area contributed by atoms with E-state index in [4.69, 9.17) is 5.73 Å². The van der Waals surface area contributed by atoms with Crippen LogP contribution >= 0.6 is 11.8 Å². The third kappa shape index (κ3) is 2.82. The van der Waals surface area contributed by atoms with Gasteiger partial charge in [0.05, 0.1) is 22.6 Å². The Morgan fingerprint density at radius 2 is 1.95 bits per heavy atom.